The summed E-state index contributed by atoms with van der Waals surface area (Å²) in [4.78, 5) is 12.7. The molecule has 0 N–H and O–H groups in total. The van der Waals surface area contributed by atoms with Crippen molar-refractivity contribution in [1.29, 1.82) is 0 Å². The normalized spacial score (nSPS) is 10.9. The van der Waals surface area contributed by atoms with Gasteiger partial charge in [-0.1, -0.05) is 78.9 Å². The Hall–Kier alpha value is -4.18. The van der Waals surface area contributed by atoms with Gasteiger partial charge >= 0.3 is 5.97 Å². The number of esters is 1. The number of hydrogen-bond acceptors (Lipinski definition) is 3. The predicted octanol–water partition coefficient (Wildman–Crippen LogP) is 6.15. The fraction of sp³-hybridized carbons (Fsp3) is 0.0370. The first-order valence-corrected chi connectivity index (χ1v) is 10.1. The van der Waals surface area contributed by atoms with E-state index in [9.17, 15) is 4.79 Å². The maximum Gasteiger partial charge on any atom is 0.357 e. The van der Waals surface area contributed by atoms with E-state index in [0.29, 0.717) is 5.69 Å². The van der Waals surface area contributed by atoms with Gasteiger partial charge in [0.05, 0.1) is 18.3 Å². The molecule has 0 radical (unpaired) electrons. The van der Waals surface area contributed by atoms with E-state index in [4.69, 9.17) is 9.84 Å². The van der Waals surface area contributed by atoms with Crippen LogP contribution in [0.2, 0.25) is 0 Å². The molecule has 0 fully saturated rings. The fourth-order valence-corrected chi connectivity index (χ4v) is 3.82. The molecule has 0 unspecified atom stereocenters. The highest BCUT2D eigenvalue weighted by Gasteiger charge is 2.21. The van der Waals surface area contributed by atoms with Gasteiger partial charge in [0.15, 0.2) is 5.69 Å². The molecule has 1 heterocycles. The number of fused-ring (bicyclic) bond motifs is 1. The highest BCUT2D eigenvalue weighted by Crippen LogP contribution is 2.29. The van der Waals surface area contributed by atoms with Gasteiger partial charge < -0.3 is 4.74 Å². The lowest BCUT2D eigenvalue weighted by atomic mass is 10.0. The second-order valence-electron chi connectivity index (χ2n) is 7.27. The molecule has 5 aromatic rings. The molecule has 0 atom stereocenters. The fourth-order valence-electron chi connectivity index (χ4n) is 3.82. The number of benzene rings is 4. The molecule has 1 aromatic heterocycles. The van der Waals surface area contributed by atoms with Gasteiger partial charge in [0, 0.05) is 5.39 Å². The molecule has 4 heteroatoms. The molecule has 4 nitrogen and oxygen atoms in total. The number of hydrogen-bond donors (Lipinski definition) is 0. The van der Waals surface area contributed by atoms with Crippen molar-refractivity contribution in [2.45, 2.75) is 0 Å². The second-order valence-corrected chi connectivity index (χ2v) is 7.27. The Morgan fingerprint density at radius 2 is 1.32 bits per heavy atom. The van der Waals surface area contributed by atoms with Gasteiger partial charge in [0.1, 0.15) is 0 Å². The molecule has 5 rings (SSSR count). The largest absolute Gasteiger partial charge is 0.464 e. The van der Waals surface area contributed by atoms with Crippen LogP contribution < -0.4 is 0 Å². The van der Waals surface area contributed by atoms with Crippen molar-refractivity contribution in [3.63, 3.8) is 0 Å². The molecule has 4 aromatic carbocycles. The minimum Gasteiger partial charge on any atom is -0.464 e. The third kappa shape index (κ3) is 3.49. The quantitative estimate of drug-likeness (QED) is 0.338. The van der Waals surface area contributed by atoms with E-state index in [1.54, 1.807) is 4.68 Å². The van der Waals surface area contributed by atoms with Crippen LogP contribution in [0.25, 0.3) is 38.8 Å². The summed E-state index contributed by atoms with van der Waals surface area (Å²) in [5.41, 5.74) is 6.27. The second kappa shape index (κ2) is 7.92. The maximum atomic E-state index is 12.7. The Morgan fingerprint density at radius 3 is 1.97 bits per heavy atom. The Balaban J connectivity index is 1.68. The highest BCUT2D eigenvalue weighted by molar-refractivity contribution is 6.03. The van der Waals surface area contributed by atoms with E-state index in [0.717, 1.165) is 38.8 Å². The summed E-state index contributed by atoms with van der Waals surface area (Å²) in [6, 6.07) is 34.2. The molecular formula is C27H20N2O2. The number of carbonyl (C=O) groups is 1. The van der Waals surface area contributed by atoms with Crippen molar-refractivity contribution >= 4 is 16.9 Å². The van der Waals surface area contributed by atoms with Crippen LogP contribution in [0.4, 0.5) is 0 Å². The van der Waals surface area contributed by atoms with Crippen LogP contribution in [0.15, 0.2) is 103 Å². The first-order chi connectivity index (χ1) is 15.2. The summed E-state index contributed by atoms with van der Waals surface area (Å²) < 4.78 is 6.77. The van der Waals surface area contributed by atoms with Crippen molar-refractivity contribution in [3.8, 4) is 27.9 Å². The molecule has 150 valence electrons. The average Bonchev–Trinajstić information content (AvgIpc) is 3.23. The topological polar surface area (TPSA) is 44.1 Å². The lowest BCUT2D eigenvalue weighted by Gasteiger charge is -2.09. The van der Waals surface area contributed by atoms with E-state index in [-0.39, 0.29) is 0 Å². The molecule has 0 bridgehead atoms. The van der Waals surface area contributed by atoms with Gasteiger partial charge in [-0.15, -0.1) is 0 Å². The first-order valence-electron chi connectivity index (χ1n) is 10.1. The van der Waals surface area contributed by atoms with Crippen LogP contribution in [-0.4, -0.2) is 22.9 Å². The van der Waals surface area contributed by atoms with Gasteiger partial charge in [-0.2, -0.15) is 5.10 Å². The van der Waals surface area contributed by atoms with Crippen LogP contribution in [0.1, 0.15) is 10.5 Å². The van der Waals surface area contributed by atoms with Gasteiger partial charge in [0.25, 0.3) is 0 Å². The number of methoxy groups -OCH3 is 1. The number of nitrogens with zero attached hydrogens (tertiary/aromatic N) is 2. The van der Waals surface area contributed by atoms with Gasteiger partial charge in [-0.25, -0.2) is 9.48 Å². The zero-order chi connectivity index (χ0) is 21.2. The van der Waals surface area contributed by atoms with Crippen LogP contribution in [0, 0.1) is 0 Å². The number of carbonyl (C=O) groups excluding carboxylic acids is 1. The third-order valence-corrected chi connectivity index (χ3v) is 5.36. The average molecular weight is 404 g/mol. The van der Waals surface area contributed by atoms with E-state index < -0.39 is 5.97 Å². The Morgan fingerprint density at radius 1 is 0.710 bits per heavy atom. The summed E-state index contributed by atoms with van der Waals surface area (Å²) in [6.07, 6.45) is 0. The lowest BCUT2D eigenvalue weighted by Crippen LogP contribution is -2.10. The molecule has 0 amide bonds. The monoisotopic (exact) mass is 404 g/mol. The van der Waals surface area contributed by atoms with Crippen molar-refractivity contribution in [3.05, 3.63) is 109 Å². The minimum absolute atomic E-state index is 0.417. The van der Waals surface area contributed by atoms with Crippen LogP contribution in [-0.2, 0) is 4.74 Å². The third-order valence-electron chi connectivity index (χ3n) is 5.36. The maximum absolute atomic E-state index is 12.7. The summed E-state index contributed by atoms with van der Waals surface area (Å²) in [6.45, 7) is 0. The summed E-state index contributed by atoms with van der Waals surface area (Å²) in [5, 5.41) is 5.55. The standard InChI is InChI=1S/C27H20N2O2/c1-31-27(30)26-24-16-15-22(20-11-6-3-7-12-20)18-25(24)28-29(26)23-14-8-13-21(17-23)19-9-4-2-5-10-19/h2-18H,1H3. The Kier molecular flexibility index (Phi) is 4.81. The lowest BCUT2D eigenvalue weighted by molar-refractivity contribution is 0.0592. The number of aromatic nitrogens is 2. The smallest absolute Gasteiger partial charge is 0.357 e. The Bertz CT molecular complexity index is 1370. The molecule has 0 spiro atoms. The minimum atomic E-state index is -0.417. The number of ether oxygens (including phenoxy) is 1. The predicted molar refractivity (Wildman–Crippen MR) is 123 cm³/mol. The van der Waals surface area contributed by atoms with Crippen molar-refractivity contribution in [1.82, 2.24) is 9.78 Å². The molecular weight excluding hydrogens is 384 g/mol. The van der Waals surface area contributed by atoms with Crippen LogP contribution in [0.5, 0.6) is 0 Å². The zero-order valence-electron chi connectivity index (χ0n) is 17.0. The Labute approximate surface area is 180 Å². The van der Waals surface area contributed by atoms with Crippen molar-refractivity contribution < 1.29 is 9.53 Å². The number of rotatable bonds is 4. The molecule has 0 saturated heterocycles. The van der Waals surface area contributed by atoms with Gasteiger partial charge in [0.2, 0.25) is 0 Å². The zero-order valence-corrected chi connectivity index (χ0v) is 17.0. The van der Waals surface area contributed by atoms with E-state index in [1.165, 1.54) is 7.11 Å². The SMILES string of the molecule is COC(=O)c1c2ccc(-c3ccccc3)cc2nn1-c1cccc(-c2ccccc2)c1. The summed E-state index contributed by atoms with van der Waals surface area (Å²) >= 11 is 0. The van der Waals surface area contributed by atoms with Gasteiger partial charge in [-0.3, -0.25) is 0 Å². The van der Waals surface area contributed by atoms with Crippen LogP contribution >= 0.6 is 0 Å². The van der Waals surface area contributed by atoms with Crippen LogP contribution in [0.3, 0.4) is 0 Å². The van der Waals surface area contributed by atoms with Crippen molar-refractivity contribution in [2.75, 3.05) is 7.11 Å². The van der Waals surface area contributed by atoms with E-state index in [1.807, 2.05) is 78.9 Å². The van der Waals surface area contributed by atoms with Crippen molar-refractivity contribution in [2.24, 2.45) is 0 Å². The summed E-state index contributed by atoms with van der Waals surface area (Å²) in [7, 11) is 1.39. The highest BCUT2D eigenvalue weighted by atomic mass is 16.5. The molecule has 0 aliphatic rings. The first kappa shape index (κ1) is 18.8. The molecule has 31 heavy (non-hydrogen) atoms. The van der Waals surface area contributed by atoms with E-state index >= 15 is 0 Å². The van der Waals surface area contributed by atoms with E-state index in [2.05, 4.69) is 24.3 Å². The molecule has 0 aliphatic carbocycles. The summed E-state index contributed by atoms with van der Waals surface area (Å²) in [5.74, 6) is -0.417. The molecule has 0 saturated carbocycles. The van der Waals surface area contributed by atoms with Gasteiger partial charge in [-0.05, 0) is 46.5 Å². The molecule has 0 aliphatic heterocycles.